The average molecular weight is 128 g/mol. The van der Waals surface area contributed by atoms with Gasteiger partial charge in [0, 0.05) is 14.8 Å². The molecule has 0 radical (unpaired) electrons. The molecule has 1 heterocycles. The third-order valence-corrected chi connectivity index (χ3v) is 2.18. The molecule has 0 saturated carbocycles. The summed E-state index contributed by atoms with van der Waals surface area (Å²) in [5.74, 6) is 0. The Hall–Kier alpha value is -0.290. The van der Waals surface area contributed by atoms with Crippen molar-refractivity contribution in [2.75, 3.05) is 6.66 Å². The van der Waals surface area contributed by atoms with E-state index in [0.29, 0.717) is 8.58 Å². The van der Waals surface area contributed by atoms with E-state index in [0.717, 1.165) is 6.42 Å². The fraction of sp³-hybridized carbons (Fsp3) is 0.333. The molecule has 1 atom stereocenters. The first kappa shape index (κ1) is 5.84. The quantitative estimate of drug-likeness (QED) is 0.526. The average Bonchev–Trinajstić information content (AvgIpc) is 1.90. The standard InChI is InChI=1S/C6H10NP/c1-8-6-4-2-3-5-7-6/h3-5,7-8H,2H2,1H3/p+1. The largest absolute Gasteiger partial charge is 0.334 e. The second-order valence-electron chi connectivity index (χ2n) is 1.73. The Balaban J connectivity index is 2.43. The summed E-state index contributed by atoms with van der Waals surface area (Å²) in [7, 11) is 0.486. The molecule has 1 aliphatic heterocycles. The lowest BCUT2D eigenvalue weighted by Crippen LogP contribution is -2.02. The van der Waals surface area contributed by atoms with Crippen LogP contribution in [0, 0.1) is 0 Å². The van der Waals surface area contributed by atoms with E-state index in [2.05, 4.69) is 24.1 Å². The van der Waals surface area contributed by atoms with Gasteiger partial charge in [0.1, 0.15) is 0 Å². The van der Waals surface area contributed by atoms with E-state index in [1.807, 2.05) is 6.20 Å². The molecule has 0 aliphatic carbocycles. The summed E-state index contributed by atoms with van der Waals surface area (Å²) >= 11 is 0. The van der Waals surface area contributed by atoms with Gasteiger partial charge >= 0.3 is 0 Å². The molecule has 0 amide bonds. The summed E-state index contributed by atoms with van der Waals surface area (Å²) in [6.07, 6.45) is 7.50. The Morgan fingerprint density at radius 3 is 3.00 bits per heavy atom. The van der Waals surface area contributed by atoms with E-state index >= 15 is 0 Å². The summed E-state index contributed by atoms with van der Waals surface area (Å²) in [5.41, 5.74) is 1.42. The molecule has 1 N–H and O–H groups in total. The van der Waals surface area contributed by atoms with Crippen molar-refractivity contribution in [3.8, 4) is 0 Å². The summed E-state index contributed by atoms with van der Waals surface area (Å²) in [6, 6.07) is 0. The molecule has 1 nitrogen and oxygen atoms in total. The van der Waals surface area contributed by atoms with Crippen LogP contribution in [0.15, 0.2) is 23.8 Å². The van der Waals surface area contributed by atoms with Crippen molar-refractivity contribution in [1.82, 2.24) is 5.32 Å². The topological polar surface area (TPSA) is 12.0 Å². The number of allylic oxidation sites excluding steroid dienone is 2. The first-order valence-electron chi connectivity index (χ1n) is 2.84. The molecule has 2 heteroatoms. The van der Waals surface area contributed by atoms with E-state index in [1.165, 1.54) is 5.44 Å². The van der Waals surface area contributed by atoms with Crippen LogP contribution in [-0.4, -0.2) is 6.66 Å². The predicted molar refractivity (Wildman–Crippen MR) is 40.6 cm³/mol. The summed E-state index contributed by atoms with van der Waals surface area (Å²) in [4.78, 5) is 0. The van der Waals surface area contributed by atoms with E-state index in [-0.39, 0.29) is 0 Å². The number of rotatable bonds is 1. The first-order valence-corrected chi connectivity index (χ1v) is 4.58. The van der Waals surface area contributed by atoms with Crippen LogP contribution in [0.2, 0.25) is 0 Å². The van der Waals surface area contributed by atoms with Gasteiger partial charge < -0.3 is 5.32 Å². The number of hydrogen-bond donors (Lipinski definition) is 1. The molecule has 0 aromatic heterocycles. The van der Waals surface area contributed by atoms with Gasteiger partial charge in [0.05, 0.1) is 6.66 Å². The molecule has 1 rings (SSSR count). The van der Waals surface area contributed by atoms with Gasteiger partial charge in [-0.05, 0) is 12.5 Å². The van der Waals surface area contributed by atoms with Crippen LogP contribution in [0.25, 0.3) is 0 Å². The molecule has 44 valence electrons. The zero-order valence-electron chi connectivity index (χ0n) is 5.02. The van der Waals surface area contributed by atoms with Crippen molar-refractivity contribution in [2.45, 2.75) is 6.42 Å². The number of nitrogens with one attached hydrogen (secondary N) is 1. The Morgan fingerprint density at radius 1 is 1.75 bits per heavy atom. The molecular weight excluding hydrogens is 117 g/mol. The van der Waals surface area contributed by atoms with Crippen LogP contribution in [0.4, 0.5) is 0 Å². The first-order chi connectivity index (χ1) is 3.93. The fourth-order valence-electron chi connectivity index (χ4n) is 0.678. The maximum atomic E-state index is 3.19. The van der Waals surface area contributed by atoms with Gasteiger partial charge in [-0.15, -0.1) is 0 Å². The lowest BCUT2D eigenvalue weighted by Gasteiger charge is -2.00. The lowest BCUT2D eigenvalue weighted by atomic mass is 10.3. The van der Waals surface area contributed by atoms with Gasteiger partial charge in [0.2, 0.25) is 0 Å². The Kier molecular flexibility index (Phi) is 2.11. The van der Waals surface area contributed by atoms with Crippen molar-refractivity contribution in [2.24, 2.45) is 0 Å². The van der Waals surface area contributed by atoms with Crippen molar-refractivity contribution in [1.29, 1.82) is 0 Å². The highest BCUT2D eigenvalue weighted by Gasteiger charge is 1.96. The lowest BCUT2D eigenvalue weighted by molar-refractivity contribution is 1.09. The molecule has 0 aromatic carbocycles. The molecule has 1 aliphatic rings. The minimum absolute atomic E-state index is 0.486. The highest BCUT2D eigenvalue weighted by atomic mass is 31.1. The second-order valence-corrected chi connectivity index (χ2v) is 2.93. The number of hydrogen-bond acceptors (Lipinski definition) is 1. The predicted octanol–water partition coefficient (Wildman–Crippen LogP) is 1.38. The smallest absolute Gasteiger partial charge is 0.151 e. The van der Waals surface area contributed by atoms with Gasteiger partial charge in [-0.1, -0.05) is 6.08 Å². The second kappa shape index (κ2) is 2.88. The third kappa shape index (κ3) is 1.34. The van der Waals surface area contributed by atoms with Crippen molar-refractivity contribution >= 4 is 8.58 Å². The van der Waals surface area contributed by atoms with Gasteiger partial charge in [-0.25, -0.2) is 0 Å². The summed E-state index contributed by atoms with van der Waals surface area (Å²) < 4.78 is 0. The zero-order chi connectivity index (χ0) is 5.82. The fourth-order valence-corrected chi connectivity index (χ4v) is 1.31. The Labute approximate surface area is 51.6 Å². The molecule has 8 heavy (non-hydrogen) atoms. The Morgan fingerprint density at radius 2 is 2.62 bits per heavy atom. The van der Waals surface area contributed by atoms with Crippen LogP contribution in [0.3, 0.4) is 0 Å². The van der Waals surface area contributed by atoms with E-state index < -0.39 is 0 Å². The Bertz CT molecular complexity index is 126. The molecule has 0 aromatic rings. The molecule has 0 fully saturated rings. The van der Waals surface area contributed by atoms with E-state index in [1.54, 1.807) is 0 Å². The van der Waals surface area contributed by atoms with Crippen LogP contribution >= 0.6 is 8.58 Å². The minimum atomic E-state index is 0.486. The van der Waals surface area contributed by atoms with Crippen LogP contribution in [-0.2, 0) is 0 Å². The summed E-state index contributed by atoms with van der Waals surface area (Å²) in [6.45, 7) is 2.23. The SMILES string of the molecule is C[PH2+]C1=CCC=CN1. The van der Waals surface area contributed by atoms with Crippen LogP contribution in [0.1, 0.15) is 6.42 Å². The minimum Gasteiger partial charge on any atom is -0.334 e. The molecular formula is C6H11NP+. The van der Waals surface area contributed by atoms with Gasteiger partial charge in [-0.2, -0.15) is 0 Å². The monoisotopic (exact) mass is 128 g/mol. The molecule has 0 saturated heterocycles. The molecule has 0 bridgehead atoms. The highest BCUT2D eigenvalue weighted by Crippen LogP contribution is 2.17. The van der Waals surface area contributed by atoms with Crippen molar-refractivity contribution < 1.29 is 0 Å². The van der Waals surface area contributed by atoms with Crippen molar-refractivity contribution in [3.63, 3.8) is 0 Å². The van der Waals surface area contributed by atoms with Crippen LogP contribution in [0.5, 0.6) is 0 Å². The van der Waals surface area contributed by atoms with E-state index in [9.17, 15) is 0 Å². The van der Waals surface area contributed by atoms with Crippen LogP contribution < -0.4 is 5.32 Å². The maximum Gasteiger partial charge on any atom is 0.151 e. The zero-order valence-corrected chi connectivity index (χ0v) is 6.17. The van der Waals surface area contributed by atoms with E-state index in [4.69, 9.17) is 0 Å². The maximum absolute atomic E-state index is 3.19. The van der Waals surface area contributed by atoms with Gasteiger partial charge in [-0.3, -0.25) is 0 Å². The number of dihydropyridines is 1. The third-order valence-electron chi connectivity index (χ3n) is 1.15. The van der Waals surface area contributed by atoms with Gasteiger partial charge in [0.25, 0.3) is 0 Å². The van der Waals surface area contributed by atoms with Gasteiger partial charge in [0.15, 0.2) is 5.44 Å². The highest BCUT2D eigenvalue weighted by molar-refractivity contribution is 7.42. The normalized spacial score (nSPS) is 18.9. The summed E-state index contributed by atoms with van der Waals surface area (Å²) in [5, 5.41) is 3.19. The van der Waals surface area contributed by atoms with Crippen molar-refractivity contribution in [3.05, 3.63) is 23.8 Å². The molecule has 1 unspecified atom stereocenters. The molecule has 0 spiro atoms.